The third kappa shape index (κ3) is 4.92. The van der Waals surface area contributed by atoms with Crippen LogP contribution in [0.25, 0.3) is 0 Å². The van der Waals surface area contributed by atoms with E-state index in [1.165, 1.54) is 36.8 Å². The SMILES string of the molecule is CC1CCC(OCc2ccccc2CNC(C)C)CC1. The molecule has 20 heavy (non-hydrogen) atoms. The van der Waals surface area contributed by atoms with Crippen LogP contribution in [0.15, 0.2) is 24.3 Å². The van der Waals surface area contributed by atoms with Gasteiger partial charge in [0.1, 0.15) is 0 Å². The molecule has 2 nitrogen and oxygen atoms in total. The highest BCUT2D eigenvalue weighted by molar-refractivity contribution is 5.26. The molecule has 1 aromatic carbocycles. The summed E-state index contributed by atoms with van der Waals surface area (Å²) in [7, 11) is 0. The van der Waals surface area contributed by atoms with Crippen molar-refractivity contribution >= 4 is 0 Å². The lowest BCUT2D eigenvalue weighted by molar-refractivity contribution is 0.00844. The Morgan fingerprint density at radius 3 is 2.40 bits per heavy atom. The molecular formula is C18H29NO. The molecule has 0 spiro atoms. The lowest BCUT2D eigenvalue weighted by atomic mass is 9.89. The molecular weight excluding hydrogens is 246 g/mol. The summed E-state index contributed by atoms with van der Waals surface area (Å²) in [5, 5.41) is 3.49. The van der Waals surface area contributed by atoms with Gasteiger partial charge in [0.15, 0.2) is 0 Å². The van der Waals surface area contributed by atoms with Crippen LogP contribution in [-0.2, 0) is 17.9 Å². The first-order valence-corrected chi connectivity index (χ1v) is 8.07. The minimum Gasteiger partial charge on any atom is -0.374 e. The van der Waals surface area contributed by atoms with Crippen molar-refractivity contribution in [3.63, 3.8) is 0 Å². The monoisotopic (exact) mass is 275 g/mol. The van der Waals surface area contributed by atoms with Gasteiger partial charge in [0.2, 0.25) is 0 Å². The van der Waals surface area contributed by atoms with Gasteiger partial charge in [-0.3, -0.25) is 0 Å². The summed E-state index contributed by atoms with van der Waals surface area (Å²) in [5.41, 5.74) is 2.70. The molecule has 0 aliphatic heterocycles. The molecule has 1 aliphatic rings. The first-order chi connectivity index (χ1) is 9.65. The molecule has 2 heteroatoms. The lowest BCUT2D eigenvalue weighted by Crippen LogP contribution is -2.23. The van der Waals surface area contributed by atoms with E-state index in [0.29, 0.717) is 12.1 Å². The highest BCUT2D eigenvalue weighted by Gasteiger charge is 2.18. The van der Waals surface area contributed by atoms with Crippen molar-refractivity contribution in [1.29, 1.82) is 0 Å². The van der Waals surface area contributed by atoms with Crippen molar-refractivity contribution in [3.05, 3.63) is 35.4 Å². The summed E-state index contributed by atoms with van der Waals surface area (Å²) in [6.45, 7) is 8.40. The van der Waals surface area contributed by atoms with Crippen molar-refractivity contribution in [2.45, 2.75) is 71.8 Å². The normalized spacial score (nSPS) is 23.2. The fraction of sp³-hybridized carbons (Fsp3) is 0.667. The molecule has 0 amide bonds. The van der Waals surface area contributed by atoms with Gasteiger partial charge in [-0.15, -0.1) is 0 Å². The van der Waals surface area contributed by atoms with Crippen LogP contribution in [0.5, 0.6) is 0 Å². The Morgan fingerprint density at radius 1 is 1.10 bits per heavy atom. The van der Waals surface area contributed by atoms with Crippen LogP contribution >= 0.6 is 0 Å². The molecule has 0 bridgehead atoms. The number of hydrogen-bond acceptors (Lipinski definition) is 2. The number of benzene rings is 1. The van der Waals surface area contributed by atoms with Gasteiger partial charge < -0.3 is 10.1 Å². The zero-order valence-corrected chi connectivity index (χ0v) is 13.2. The predicted octanol–water partition coefficient (Wildman–Crippen LogP) is 4.28. The molecule has 2 rings (SSSR count). The Kier molecular flexibility index (Phi) is 6.06. The molecule has 1 saturated carbocycles. The maximum absolute atomic E-state index is 6.14. The van der Waals surface area contributed by atoms with Crippen molar-refractivity contribution in [2.24, 2.45) is 5.92 Å². The van der Waals surface area contributed by atoms with Gasteiger partial charge in [-0.1, -0.05) is 45.0 Å². The van der Waals surface area contributed by atoms with E-state index < -0.39 is 0 Å². The summed E-state index contributed by atoms with van der Waals surface area (Å²) in [5.74, 6) is 0.886. The van der Waals surface area contributed by atoms with Crippen LogP contribution < -0.4 is 5.32 Å². The Balaban J connectivity index is 1.85. The number of rotatable bonds is 6. The summed E-state index contributed by atoms with van der Waals surface area (Å²) >= 11 is 0. The van der Waals surface area contributed by atoms with Gasteiger partial charge >= 0.3 is 0 Å². The predicted molar refractivity (Wildman–Crippen MR) is 84.6 cm³/mol. The Hall–Kier alpha value is -0.860. The van der Waals surface area contributed by atoms with Gasteiger partial charge in [-0.25, -0.2) is 0 Å². The van der Waals surface area contributed by atoms with E-state index in [9.17, 15) is 0 Å². The topological polar surface area (TPSA) is 21.3 Å². The van der Waals surface area contributed by atoms with E-state index in [1.807, 2.05) is 0 Å². The van der Waals surface area contributed by atoms with Gasteiger partial charge in [-0.05, 0) is 42.7 Å². The molecule has 0 atom stereocenters. The fourth-order valence-corrected chi connectivity index (χ4v) is 2.79. The highest BCUT2D eigenvalue weighted by Crippen LogP contribution is 2.26. The molecule has 0 radical (unpaired) electrons. The van der Waals surface area contributed by atoms with Gasteiger partial charge in [0.05, 0.1) is 12.7 Å². The van der Waals surface area contributed by atoms with Crippen LogP contribution in [0, 0.1) is 5.92 Å². The molecule has 0 heterocycles. The van der Waals surface area contributed by atoms with Gasteiger partial charge in [0, 0.05) is 12.6 Å². The standard InChI is InChI=1S/C18H29NO/c1-14(2)19-12-16-6-4-5-7-17(16)13-20-18-10-8-15(3)9-11-18/h4-7,14-15,18-19H,8-13H2,1-3H3. The quantitative estimate of drug-likeness (QED) is 0.836. The molecule has 1 aliphatic carbocycles. The van der Waals surface area contributed by atoms with Crippen LogP contribution in [-0.4, -0.2) is 12.1 Å². The van der Waals surface area contributed by atoms with E-state index in [4.69, 9.17) is 4.74 Å². The van der Waals surface area contributed by atoms with E-state index in [-0.39, 0.29) is 0 Å². The molecule has 1 N–H and O–H groups in total. The summed E-state index contributed by atoms with van der Waals surface area (Å²) < 4.78 is 6.14. The molecule has 0 unspecified atom stereocenters. The smallest absolute Gasteiger partial charge is 0.0723 e. The molecule has 0 aromatic heterocycles. The van der Waals surface area contributed by atoms with Crippen LogP contribution in [0.3, 0.4) is 0 Å². The van der Waals surface area contributed by atoms with E-state index in [0.717, 1.165) is 19.1 Å². The zero-order valence-electron chi connectivity index (χ0n) is 13.2. The second-order valence-electron chi connectivity index (χ2n) is 6.50. The third-order valence-electron chi connectivity index (χ3n) is 4.26. The number of ether oxygens (including phenoxy) is 1. The molecule has 0 saturated heterocycles. The van der Waals surface area contributed by atoms with E-state index >= 15 is 0 Å². The lowest BCUT2D eigenvalue weighted by Gasteiger charge is -2.26. The van der Waals surface area contributed by atoms with Crippen molar-refractivity contribution in [3.8, 4) is 0 Å². The average Bonchev–Trinajstić information content (AvgIpc) is 2.45. The Bertz CT molecular complexity index is 394. The second kappa shape index (κ2) is 7.80. The highest BCUT2D eigenvalue weighted by atomic mass is 16.5. The Labute approximate surface area is 123 Å². The largest absolute Gasteiger partial charge is 0.374 e. The number of hydrogen-bond donors (Lipinski definition) is 1. The molecule has 1 aromatic rings. The van der Waals surface area contributed by atoms with Crippen LogP contribution in [0.1, 0.15) is 57.6 Å². The van der Waals surface area contributed by atoms with Gasteiger partial charge in [0.25, 0.3) is 0 Å². The fourth-order valence-electron chi connectivity index (χ4n) is 2.79. The van der Waals surface area contributed by atoms with Crippen molar-refractivity contribution in [1.82, 2.24) is 5.32 Å². The van der Waals surface area contributed by atoms with E-state index in [1.54, 1.807) is 0 Å². The van der Waals surface area contributed by atoms with Crippen LogP contribution in [0.2, 0.25) is 0 Å². The second-order valence-corrected chi connectivity index (χ2v) is 6.50. The van der Waals surface area contributed by atoms with Crippen LogP contribution in [0.4, 0.5) is 0 Å². The molecule has 1 fully saturated rings. The van der Waals surface area contributed by atoms with Crippen molar-refractivity contribution in [2.75, 3.05) is 0 Å². The average molecular weight is 275 g/mol. The first kappa shape index (κ1) is 15.5. The van der Waals surface area contributed by atoms with Crippen molar-refractivity contribution < 1.29 is 4.74 Å². The maximum Gasteiger partial charge on any atom is 0.0723 e. The maximum atomic E-state index is 6.14. The summed E-state index contributed by atoms with van der Waals surface area (Å²) in [6.07, 6.45) is 5.57. The minimum atomic E-state index is 0.470. The summed E-state index contributed by atoms with van der Waals surface area (Å²) in [4.78, 5) is 0. The third-order valence-corrected chi connectivity index (χ3v) is 4.26. The van der Waals surface area contributed by atoms with Gasteiger partial charge in [-0.2, -0.15) is 0 Å². The minimum absolute atomic E-state index is 0.470. The number of nitrogens with one attached hydrogen (secondary N) is 1. The Morgan fingerprint density at radius 2 is 1.75 bits per heavy atom. The van der Waals surface area contributed by atoms with E-state index in [2.05, 4.69) is 50.4 Å². The summed E-state index contributed by atoms with van der Waals surface area (Å²) in [6, 6.07) is 9.15. The zero-order chi connectivity index (χ0) is 14.4. The molecule has 112 valence electrons. The first-order valence-electron chi connectivity index (χ1n) is 8.07.